The van der Waals surface area contributed by atoms with Crippen molar-refractivity contribution in [3.05, 3.63) is 17.5 Å². The third-order valence-corrected chi connectivity index (χ3v) is 4.28. The lowest BCUT2D eigenvalue weighted by molar-refractivity contribution is 0.0378. The van der Waals surface area contributed by atoms with Crippen LogP contribution in [0.3, 0.4) is 0 Å². The van der Waals surface area contributed by atoms with E-state index in [0.717, 1.165) is 57.9 Å². The molecule has 0 amide bonds. The summed E-state index contributed by atoms with van der Waals surface area (Å²) >= 11 is 0. The number of ketones is 1. The van der Waals surface area contributed by atoms with Crippen LogP contribution in [-0.2, 0) is 11.2 Å². The molecular weight excluding hydrogens is 280 g/mol. The Labute approximate surface area is 131 Å². The molecule has 0 saturated carbocycles. The minimum absolute atomic E-state index is 0.174. The number of nitrogens with zero attached hydrogens (tertiary/aromatic N) is 3. The fourth-order valence-electron chi connectivity index (χ4n) is 3.05. The molecule has 1 atom stereocenters. The summed E-state index contributed by atoms with van der Waals surface area (Å²) in [6, 6.07) is 0. The van der Waals surface area contributed by atoms with E-state index in [0.29, 0.717) is 23.9 Å². The van der Waals surface area contributed by atoms with Gasteiger partial charge < -0.3 is 10.1 Å². The molecule has 1 N–H and O–H groups in total. The fourth-order valence-corrected chi connectivity index (χ4v) is 3.05. The molecule has 0 spiro atoms. The summed E-state index contributed by atoms with van der Waals surface area (Å²) in [6.07, 6.45) is 4.21. The van der Waals surface area contributed by atoms with Gasteiger partial charge in [0.2, 0.25) is 5.95 Å². The highest BCUT2D eigenvalue weighted by Crippen LogP contribution is 2.23. The molecule has 0 aromatic carbocycles. The van der Waals surface area contributed by atoms with Crippen LogP contribution in [0.15, 0.2) is 6.20 Å². The molecule has 6 heteroatoms. The lowest BCUT2D eigenvalue weighted by atomic mass is 9.88. The molecule has 120 valence electrons. The summed E-state index contributed by atoms with van der Waals surface area (Å²) in [4.78, 5) is 23.1. The first-order chi connectivity index (χ1) is 10.7. The lowest BCUT2D eigenvalue weighted by Crippen LogP contribution is -2.37. The van der Waals surface area contributed by atoms with E-state index in [4.69, 9.17) is 4.74 Å². The van der Waals surface area contributed by atoms with Crippen LogP contribution in [0.1, 0.15) is 35.8 Å². The predicted octanol–water partition coefficient (Wildman–Crippen LogP) is 1.38. The third-order valence-electron chi connectivity index (χ3n) is 4.28. The van der Waals surface area contributed by atoms with E-state index in [1.807, 2.05) is 0 Å². The first kappa shape index (κ1) is 15.4. The number of hydrogen-bond acceptors (Lipinski definition) is 6. The molecule has 6 nitrogen and oxygen atoms in total. The van der Waals surface area contributed by atoms with Gasteiger partial charge in [-0.2, -0.15) is 0 Å². The zero-order chi connectivity index (χ0) is 15.4. The number of hydrogen-bond donors (Lipinski definition) is 1. The van der Waals surface area contributed by atoms with Crippen LogP contribution in [0.25, 0.3) is 0 Å². The standard InChI is InChI=1S/C16H24N4O2/c1-12-9-14-13(15(21)10-12)11-18-16(19-14)17-3-2-4-20-5-7-22-8-6-20/h11-12H,2-10H2,1H3,(H,17,18,19). The van der Waals surface area contributed by atoms with Crippen molar-refractivity contribution in [1.82, 2.24) is 14.9 Å². The van der Waals surface area contributed by atoms with Crippen LogP contribution in [0, 0.1) is 5.92 Å². The van der Waals surface area contributed by atoms with Gasteiger partial charge in [0, 0.05) is 32.3 Å². The van der Waals surface area contributed by atoms with Crippen LogP contribution in [-0.4, -0.2) is 60.0 Å². The van der Waals surface area contributed by atoms with Crippen molar-refractivity contribution in [2.75, 3.05) is 44.7 Å². The smallest absolute Gasteiger partial charge is 0.222 e. The molecule has 3 rings (SSSR count). The zero-order valence-corrected chi connectivity index (χ0v) is 13.2. The Hall–Kier alpha value is -1.53. The van der Waals surface area contributed by atoms with Gasteiger partial charge in [0.25, 0.3) is 0 Å². The van der Waals surface area contributed by atoms with Crippen molar-refractivity contribution in [2.45, 2.75) is 26.2 Å². The summed E-state index contributed by atoms with van der Waals surface area (Å²) in [6.45, 7) is 7.74. The van der Waals surface area contributed by atoms with Crippen LogP contribution in [0.5, 0.6) is 0 Å². The van der Waals surface area contributed by atoms with Gasteiger partial charge in [-0.05, 0) is 25.3 Å². The van der Waals surface area contributed by atoms with E-state index < -0.39 is 0 Å². The Morgan fingerprint density at radius 3 is 3.00 bits per heavy atom. The summed E-state index contributed by atoms with van der Waals surface area (Å²) < 4.78 is 5.34. The average Bonchev–Trinajstić information content (AvgIpc) is 2.52. The molecular formula is C16H24N4O2. The molecule has 1 aromatic heterocycles. The lowest BCUT2D eigenvalue weighted by Gasteiger charge is -2.26. The number of carbonyl (C=O) groups is 1. The number of nitrogens with one attached hydrogen (secondary N) is 1. The Morgan fingerprint density at radius 1 is 1.36 bits per heavy atom. The third kappa shape index (κ3) is 3.81. The minimum Gasteiger partial charge on any atom is -0.379 e. The molecule has 0 bridgehead atoms. The van der Waals surface area contributed by atoms with Crippen LogP contribution in [0.4, 0.5) is 5.95 Å². The quantitative estimate of drug-likeness (QED) is 0.829. The monoisotopic (exact) mass is 304 g/mol. The largest absolute Gasteiger partial charge is 0.379 e. The van der Waals surface area contributed by atoms with Gasteiger partial charge in [-0.3, -0.25) is 9.69 Å². The Kier molecular flexibility index (Phi) is 5.00. The second kappa shape index (κ2) is 7.15. The normalized spacial score (nSPS) is 22.4. The SMILES string of the molecule is CC1CC(=O)c2cnc(NCCCN3CCOCC3)nc2C1. The predicted molar refractivity (Wildman–Crippen MR) is 84.2 cm³/mol. The summed E-state index contributed by atoms with van der Waals surface area (Å²) in [5, 5.41) is 3.27. The van der Waals surface area contributed by atoms with Crippen LogP contribution < -0.4 is 5.32 Å². The topological polar surface area (TPSA) is 67.4 Å². The van der Waals surface area contributed by atoms with Gasteiger partial charge >= 0.3 is 0 Å². The molecule has 0 radical (unpaired) electrons. The van der Waals surface area contributed by atoms with Crippen molar-refractivity contribution < 1.29 is 9.53 Å². The maximum Gasteiger partial charge on any atom is 0.222 e. The second-order valence-corrected chi connectivity index (χ2v) is 6.22. The van der Waals surface area contributed by atoms with Gasteiger partial charge in [-0.15, -0.1) is 0 Å². The number of morpholine rings is 1. The molecule has 1 aliphatic heterocycles. The maximum absolute atomic E-state index is 11.9. The molecule has 1 fully saturated rings. The van der Waals surface area contributed by atoms with Crippen LogP contribution in [0.2, 0.25) is 0 Å². The van der Waals surface area contributed by atoms with Crippen molar-refractivity contribution in [3.8, 4) is 0 Å². The molecule has 1 aliphatic carbocycles. The first-order valence-corrected chi connectivity index (χ1v) is 8.15. The highest BCUT2D eigenvalue weighted by atomic mass is 16.5. The van der Waals surface area contributed by atoms with Crippen molar-refractivity contribution in [1.29, 1.82) is 0 Å². The van der Waals surface area contributed by atoms with E-state index in [-0.39, 0.29) is 5.78 Å². The van der Waals surface area contributed by atoms with E-state index in [1.165, 1.54) is 0 Å². The van der Waals surface area contributed by atoms with Crippen molar-refractivity contribution >= 4 is 11.7 Å². The van der Waals surface area contributed by atoms with Gasteiger partial charge in [-0.25, -0.2) is 9.97 Å². The van der Waals surface area contributed by atoms with Gasteiger partial charge in [0.15, 0.2) is 5.78 Å². The van der Waals surface area contributed by atoms with E-state index >= 15 is 0 Å². The van der Waals surface area contributed by atoms with Crippen molar-refractivity contribution in [3.63, 3.8) is 0 Å². The van der Waals surface area contributed by atoms with E-state index in [2.05, 4.69) is 27.1 Å². The number of aromatic nitrogens is 2. The molecule has 2 heterocycles. The number of carbonyl (C=O) groups excluding carboxylic acids is 1. The number of fused-ring (bicyclic) bond motifs is 1. The molecule has 2 aliphatic rings. The van der Waals surface area contributed by atoms with E-state index in [1.54, 1.807) is 6.20 Å². The highest BCUT2D eigenvalue weighted by Gasteiger charge is 2.24. The van der Waals surface area contributed by atoms with Crippen LogP contribution >= 0.6 is 0 Å². The first-order valence-electron chi connectivity index (χ1n) is 8.15. The summed E-state index contributed by atoms with van der Waals surface area (Å²) in [5.74, 6) is 1.19. The second-order valence-electron chi connectivity index (χ2n) is 6.22. The van der Waals surface area contributed by atoms with Crippen molar-refractivity contribution in [2.24, 2.45) is 5.92 Å². The molecule has 22 heavy (non-hydrogen) atoms. The molecule has 1 unspecified atom stereocenters. The average molecular weight is 304 g/mol. The van der Waals surface area contributed by atoms with Gasteiger partial charge in [-0.1, -0.05) is 6.92 Å². The molecule has 1 saturated heterocycles. The maximum atomic E-state index is 11.9. The zero-order valence-electron chi connectivity index (χ0n) is 13.2. The fraction of sp³-hybridized carbons (Fsp3) is 0.688. The Bertz CT molecular complexity index is 529. The number of rotatable bonds is 5. The van der Waals surface area contributed by atoms with Gasteiger partial charge in [0.1, 0.15) is 0 Å². The molecule has 1 aromatic rings. The van der Waals surface area contributed by atoms with Gasteiger partial charge in [0.05, 0.1) is 24.5 Å². The summed E-state index contributed by atoms with van der Waals surface area (Å²) in [7, 11) is 0. The van der Waals surface area contributed by atoms with E-state index in [9.17, 15) is 4.79 Å². The highest BCUT2D eigenvalue weighted by molar-refractivity contribution is 5.98. The number of anilines is 1. The Morgan fingerprint density at radius 2 is 2.18 bits per heavy atom. The number of ether oxygens (including phenoxy) is 1. The Balaban J connectivity index is 1.48. The number of Topliss-reactive ketones (excluding diaryl/α,β-unsaturated/α-hetero) is 1. The minimum atomic E-state index is 0.174. The summed E-state index contributed by atoms with van der Waals surface area (Å²) in [5.41, 5.74) is 1.60.